The lowest BCUT2D eigenvalue weighted by atomic mass is 9.88. The third kappa shape index (κ3) is 5.69. The van der Waals surface area contributed by atoms with Gasteiger partial charge in [0.2, 0.25) is 5.91 Å². The minimum Gasteiger partial charge on any atom is -0.353 e. The van der Waals surface area contributed by atoms with Gasteiger partial charge in [-0.25, -0.2) is 4.39 Å². The van der Waals surface area contributed by atoms with E-state index in [0.717, 1.165) is 5.56 Å². The fourth-order valence-electron chi connectivity index (χ4n) is 1.39. The Hall–Kier alpha value is -1.64. The summed E-state index contributed by atoms with van der Waals surface area (Å²) in [6.07, 6.45) is 3.94. The summed E-state index contributed by atoms with van der Waals surface area (Å²) < 4.78 is 12.7. The number of carbonyl (C=O) groups excluding carboxylic acids is 1. The number of rotatable bonds is 4. The molecule has 3 heteroatoms. The Morgan fingerprint density at radius 3 is 2.42 bits per heavy atom. The molecule has 1 atom stereocenters. The summed E-state index contributed by atoms with van der Waals surface area (Å²) in [5.41, 5.74) is 0.939. The molecule has 0 radical (unpaired) electrons. The van der Waals surface area contributed by atoms with Gasteiger partial charge in [0.1, 0.15) is 5.82 Å². The van der Waals surface area contributed by atoms with Crippen LogP contribution in [0, 0.1) is 11.2 Å². The van der Waals surface area contributed by atoms with E-state index in [1.54, 1.807) is 18.2 Å². The second-order valence-corrected chi connectivity index (χ2v) is 5.81. The van der Waals surface area contributed by atoms with Crippen molar-refractivity contribution in [2.75, 3.05) is 0 Å². The topological polar surface area (TPSA) is 29.1 Å². The largest absolute Gasteiger partial charge is 0.353 e. The van der Waals surface area contributed by atoms with Crippen LogP contribution >= 0.6 is 0 Å². The van der Waals surface area contributed by atoms with Crippen molar-refractivity contribution >= 4 is 12.0 Å². The zero-order chi connectivity index (χ0) is 14.5. The first kappa shape index (κ1) is 15.4. The Morgan fingerprint density at radius 2 is 1.89 bits per heavy atom. The SMILES string of the molecule is C[C@H](NC(=O)C/C=C\c1ccc(F)cc1)C(C)(C)C. The summed E-state index contributed by atoms with van der Waals surface area (Å²) in [6.45, 7) is 8.27. The number of halogens is 1. The molecular weight excluding hydrogens is 241 g/mol. The standard InChI is InChI=1S/C16H22FNO/c1-12(16(2,3)4)18-15(19)7-5-6-13-8-10-14(17)11-9-13/h5-6,8-12H,7H2,1-4H3,(H,18,19)/b6-5-/t12-/m0/s1. The molecule has 0 aliphatic rings. The van der Waals surface area contributed by atoms with Gasteiger partial charge in [0, 0.05) is 12.5 Å². The van der Waals surface area contributed by atoms with Gasteiger partial charge in [0.05, 0.1) is 0 Å². The van der Waals surface area contributed by atoms with E-state index in [2.05, 4.69) is 26.1 Å². The lowest BCUT2D eigenvalue weighted by Gasteiger charge is -2.27. The Labute approximate surface area is 114 Å². The average molecular weight is 263 g/mol. The van der Waals surface area contributed by atoms with Crippen molar-refractivity contribution in [2.24, 2.45) is 5.41 Å². The Balaban J connectivity index is 2.44. The first-order valence-corrected chi connectivity index (χ1v) is 6.50. The van der Waals surface area contributed by atoms with Crippen molar-refractivity contribution in [1.29, 1.82) is 0 Å². The summed E-state index contributed by atoms with van der Waals surface area (Å²) in [7, 11) is 0. The van der Waals surface area contributed by atoms with Crippen molar-refractivity contribution in [3.8, 4) is 0 Å². The second kappa shape index (κ2) is 6.50. The quantitative estimate of drug-likeness (QED) is 0.880. The van der Waals surface area contributed by atoms with E-state index >= 15 is 0 Å². The zero-order valence-corrected chi connectivity index (χ0v) is 12.0. The molecule has 1 N–H and O–H groups in total. The lowest BCUT2D eigenvalue weighted by molar-refractivity contribution is -0.121. The third-order valence-corrected chi connectivity index (χ3v) is 3.16. The molecule has 0 fully saturated rings. The van der Waals surface area contributed by atoms with Crippen LogP contribution in [-0.2, 0) is 4.79 Å². The average Bonchev–Trinajstić information content (AvgIpc) is 2.30. The normalized spacial score (nSPS) is 13.5. The second-order valence-electron chi connectivity index (χ2n) is 5.81. The lowest BCUT2D eigenvalue weighted by Crippen LogP contribution is -2.41. The molecule has 0 heterocycles. The molecule has 0 unspecified atom stereocenters. The van der Waals surface area contributed by atoms with Crippen LogP contribution in [0.2, 0.25) is 0 Å². The molecule has 104 valence electrons. The summed E-state index contributed by atoms with van der Waals surface area (Å²) in [4.78, 5) is 11.7. The Morgan fingerprint density at radius 1 is 1.32 bits per heavy atom. The minimum atomic E-state index is -0.256. The highest BCUT2D eigenvalue weighted by atomic mass is 19.1. The summed E-state index contributed by atoms with van der Waals surface area (Å²) in [5, 5.41) is 2.97. The monoisotopic (exact) mass is 263 g/mol. The third-order valence-electron chi connectivity index (χ3n) is 3.16. The van der Waals surface area contributed by atoms with Crippen LogP contribution in [0.4, 0.5) is 4.39 Å². The number of nitrogens with one attached hydrogen (secondary N) is 1. The smallest absolute Gasteiger partial charge is 0.224 e. The van der Waals surface area contributed by atoms with Crippen LogP contribution in [-0.4, -0.2) is 11.9 Å². The molecule has 1 amide bonds. The highest BCUT2D eigenvalue weighted by Crippen LogP contribution is 2.18. The molecule has 1 aromatic rings. The molecule has 2 nitrogen and oxygen atoms in total. The van der Waals surface area contributed by atoms with Crippen LogP contribution in [0.15, 0.2) is 30.3 Å². The predicted octanol–water partition coefficient (Wildman–Crippen LogP) is 3.78. The highest BCUT2D eigenvalue weighted by Gasteiger charge is 2.20. The molecule has 1 aromatic carbocycles. The molecule has 0 spiro atoms. The number of benzene rings is 1. The molecule has 0 saturated heterocycles. The number of hydrogen-bond donors (Lipinski definition) is 1. The Kier molecular flexibility index (Phi) is 5.28. The molecule has 0 saturated carbocycles. The summed E-state index contributed by atoms with van der Waals surface area (Å²) >= 11 is 0. The van der Waals surface area contributed by atoms with E-state index < -0.39 is 0 Å². The van der Waals surface area contributed by atoms with Crippen LogP contribution < -0.4 is 5.32 Å². The van der Waals surface area contributed by atoms with Crippen LogP contribution in [0.5, 0.6) is 0 Å². The maximum absolute atomic E-state index is 12.7. The number of amides is 1. The van der Waals surface area contributed by atoms with Crippen molar-refractivity contribution in [1.82, 2.24) is 5.32 Å². The fourth-order valence-corrected chi connectivity index (χ4v) is 1.39. The molecule has 0 aliphatic carbocycles. The summed E-state index contributed by atoms with van der Waals surface area (Å²) in [6, 6.07) is 6.30. The van der Waals surface area contributed by atoms with Gasteiger partial charge in [-0.3, -0.25) is 4.79 Å². The number of hydrogen-bond acceptors (Lipinski definition) is 1. The van der Waals surface area contributed by atoms with Gasteiger partial charge >= 0.3 is 0 Å². The van der Waals surface area contributed by atoms with Gasteiger partial charge in [-0.2, -0.15) is 0 Å². The maximum atomic E-state index is 12.7. The first-order valence-electron chi connectivity index (χ1n) is 6.50. The fraction of sp³-hybridized carbons (Fsp3) is 0.438. The number of carbonyl (C=O) groups is 1. The minimum absolute atomic E-state index is 0.000728. The highest BCUT2D eigenvalue weighted by molar-refractivity contribution is 5.78. The van der Waals surface area contributed by atoms with E-state index in [1.165, 1.54) is 12.1 Å². The van der Waals surface area contributed by atoms with Crippen molar-refractivity contribution in [2.45, 2.75) is 40.2 Å². The van der Waals surface area contributed by atoms with E-state index in [1.807, 2.05) is 13.0 Å². The van der Waals surface area contributed by atoms with Crippen molar-refractivity contribution in [3.63, 3.8) is 0 Å². The van der Waals surface area contributed by atoms with Gasteiger partial charge in [-0.05, 0) is 30.0 Å². The van der Waals surface area contributed by atoms with Gasteiger partial charge in [-0.1, -0.05) is 45.1 Å². The van der Waals surface area contributed by atoms with Gasteiger partial charge in [0.15, 0.2) is 0 Å². The van der Waals surface area contributed by atoms with E-state index in [0.29, 0.717) is 6.42 Å². The van der Waals surface area contributed by atoms with Crippen molar-refractivity contribution in [3.05, 3.63) is 41.7 Å². The van der Waals surface area contributed by atoms with Crippen LogP contribution in [0.25, 0.3) is 6.08 Å². The van der Waals surface area contributed by atoms with Crippen LogP contribution in [0.3, 0.4) is 0 Å². The van der Waals surface area contributed by atoms with E-state index in [-0.39, 0.29) is 23.2 Å². The van der Waals surface area contributed by atoms with Crippen molar-refractivity contribution < 1.29 is 9.18 Å². The summed E-state index contributed by atoms with van der Waals surface area (Å²) in [5.74, 6) is -0.255. The van der Waals surface area contributed by atoms with Gasteiger partial charge < -0.3 is 5.32 Å². The zero-order valence-electron chi connectivity index (χ0n) is 12.0. The molecule has 0 bridgehead atoms. The molecule has 19 heavy (non-hydrogen) atoms. The Bertz CT molecular complexity index is 443. The predicted molar refractivity (Wildman–Crippen MR) is 77.1 cm³/mol. The van der Waals surface area contributed by atoms with Gasteiger partial charge in [0.25, 0.3) is 0 Å². The van der Waals surface area contributed by atoms with Crippen LogP contribution in [0.1, 0.15) is 39.7 Å². The van der Waals surface area contributed by atoms with E-state index in [9.17, 15) is 9.18 Å². The molecule has 0 aliphatic heterocycles. The molecular formula is C16H22FNO. The molecule has 1 rings (SSSR count). The van der Waals surface area contributed by atoms with E-state index in [4.69, 9.17) is 0 Å². The maximum Gasteiger partial charge on any atom is 0.224 e. The van der Waals surface area contributed by atoms with Gasteiger partial charge in [-0.15, -0.1) is 0 Å². The first-order chi connectivity index (χ1) is 8.79. The molecule has 0 aromatic heterocycles.